The van der Waals surface area contributed by atoms with Crippen LogP contribution in [0.2, 0.25) is 0 Å². The van der Waals surface area contributed by atoms with Crippen molar-refractivity contribution >= 4 is 16.8 Å². The van der Waals surface area contributed by atoms with E-state index in [0.717, 1.165) is 5.56 Å². The molecule has 0 saturated heterocycles. The van der Waals surface area contributed by atoms with Crippen molar-refractivity contribution in [3.63, 3.8) is 0 Å². The molecule has 0 aliphatic heterocycles. The first kappa shape index (κ1) is 11.9. The molecular formula is C11H14O3S. The van der Waals surface area contributed by atoms with Crippen molar-refractivity contribution in [3.8, 4) is 0 Å². The number of carbonyl (C=O) groups is 1. The normalized spacial score (nSPS) is 14.5. The first-order valence-electron chi connectivity index (χ1n) is 4.76. The Labute approximate surface area is 91.6 Å². The summed E-state index contributed by atoms with van der Waals surface area (Å²) in [6.45, 7) is 3.62. The Morgan fingerprint density at radius 1 is 1.53 bits per heavy atom. The van der Waals surface area contributed by atoms with Crippen LogP contribution in [0.3, 0.4) is 0 Å². The highest BCUT2D eigenvalue weighted by Gasteiger charge is 2.23. The molecule has 1 N–H and O–H groups in total. The van der Waals surface area contributed by atoms with Gasteiger partial charge in [-0.25, -0.2) is 0 Å². The summed E-state index contributed by atoms with van der Waals surface area (Å²) in [5.74, 6) is -1.00. The molecule has 1 aromatic carbocycles. The number of aryl methyl sites for hydroxylation is 1. The largest absolute Gasteiger partial charge is 0.480 e. The fourth-order valence-electron chi connectivity index (χ4n) is 1.32. The van der Waals surface area contributed by atoms with Crippen molar-refractivity contribution in [2.24, 2.45) is 0 Å². The number of aliphatic carboxylic acids is 1. The average molecular weight is 226 g/mol. The van der Waals surface area contributed by atoms with E-state index in [-0.39, 0.29) is 0 Å². The first-order valence-corrected chi connectivity index (χ1v) is 5.97. The van der Waals surface area contributed by atoms with Crippen molar-refractivity contribution in [1.29, 1.82) is 0 Å². The van der Waals surface area contributed by atoms with Gasteiger partial charge < -0.3 is 5.11 Å². The molecule has 0 aliphatic carbocycles. The SMILES string of the molecule is CCC(C(=O)O)S(=O)c1cccc(C)c1. The molecule has 2 unspecified atom stereocenters. The quantitative estimate of drug-likeness (QED) is 0.854. The Kier molecular flexibility index (Phi) is 4.03. The van der Waals surface area contributed by atoms with Crippen molar-refractivity contribution in [1.82, 2.24) is 0 Å². The molecule has 0 bridgehead atoms. The van der Waals surface area contributed by atoms with Crippen molar-refractivity contribution in [3.05, 3.63) is 29.8 Å². The molecule has 0 radical (unpaired) electrons. The van der Waals surface area contributed by atoms with Crippen LogP contribution in [0.25, 0.3) is 0 Å². The van der Waals surface area contributed by atoms with E-state index in [1.165, 1.54) is 0 Å². The lowest BCUT2D eigenvalue weighted by molar-refractivity contribution is -0.136. The molecule has 0 aromatic heterocycles. The Morgan fingerprint density at radius 3 is 2.67 bits per heavy atom. The standard InChI is InChI=1S/C11H14O3S/c1-3-10(11(12)13)15(14)9-6-4-5-8(2)7-9/h4-7,10H,3H2,1-2H3,(H,12,13). The van der Waals surface area contributed by atoms with Gasteiger partial charge in [0.2, 0.25) is 0 Å². The maximum atomic E-state index is 11.9. The first-order chi connectivity index (χ1) is 7.06. The summed E-state index contributed by atoms with van der Waals surface area (Å²) in [4.78, 5) is 11.4. The maximum absolute atomic E-state index is 11.9. The molecule has 4 heteroatoms. The van der Waals surface area contributed by atoms with Crippen LogP contribution in [0.5, 0.6) is 0 Å². The van der Waals surface area contributed by atoms with Crippen molar-refractivity contribution in [2.45, 2.75) is 30.4 Å². The predicted molar refractivity (Wildman–Crippen MR) is 59.3 cm³/mol. The van der Waals surface area contributed by atoms with Crippen LogP contribution in [0.4, 0.5) is 0 Å². The number of carboxylic acids is 1. The van der Waals surface area contributed by atoms with Crippen molar-refractivity contribution < 1.29 is 14.1 Å². The van der Waals surface area contributed by atoms with Crippen LogP contribution in [-0.4, -0.2) is 20.5 Å². The van der Waals surface area contributed by atoms with E-state index >= 15 is 0 Å². The van der Waals surface area contributed by atoms with Crippen molar-refractivity contribution in [2.75, 3.05) is 0 Å². The highest BCUT2D eigenvalue weighted by Crippen LogP contribution is 2.15. The van der Waals surface area contributed by atoms with Gasteiger partial charge >= 0.3 is 5.97 Å². The zero-order valence-corrected chi connectivity index (χ0v) is 9.58. The lowest BCUT2D eigenvalue weighted by Crippen LogP contribution is -2.24. The van der Waals surface area contributed by atoms with Crippen LogP contribution >= 0.6 is 0 Å². The fourth-order valence-corrected chi connectivity index (χ4v) is 2.65. The Morgan fingerprint density at radius 2 is 2.20 bits per heavy atom. The van der Waals surface area contributed by atoms with Gasteiger partial charge in [-0.2, -0.15) is 0 Å². The molecular weight excluding hydrogens is 212 g/mol. The molecule has 0 amide bonds. The Bertz CT molecular complexity index is 387. The third-order valence-electron chi connectivity index (χ3n) is 2.13. The third-order valence-corrected chi connectivity index (χ3v) is 3.90. The zero-order valence-electron chi connectivity index (χ0n) is 8.77. The Balaban J connectivity index is 2.98. The van der Waals surface area contributed by atoms with Crippen LogP contribution in [0.15, 0.2) is 29.2 Å². The molecule has 82 valence electrons. The van der Waals surface area contributed by atoms with Gasteiger partial charge in [-0.15, -0.1) is 0 Å². The highest BCUT2D eigenvalue weighted by atomic mass is 32.2. The van der Waals surface area contributed by atoms with E-state index in [1.54, 1.807) is 25.1 Å². The molecule has 15 heavy (non-hydrogen) atoms. The van der Waals surface area contributed by atoms with Gasteiger partial charge in [0.1, 0.15) is 5.25 Å². The minimum Gasteiger partial charge on any atom is -0.480 e. The van der Waals surface area contributed by atoms with E-state index in [4.69, 9.17) is 5.11 Å². The van der Waals surface area contributed by atoms with Gasteiger partial charge in [-0.1, -0.05) is 19.1 Å². The van der Waals surface area contributed by atoms with Gasteiger partial charge in [0.15, 0.2) is 0 Å². The zero-order chi connectivity index (χ0) is 11.4. The summed E-state index contributed by atoms with van der Waals surface area (Å²) in [5, 5.41) is 8.07. The number of hydrogen-bond donors (Lipinski definition) is 1. The molecule has 0 fully saturated rings. The van der Waals surface area contributed by atoms with Crippen LogP contribution < -0.4 is 0 Å². The molecule has 0 spiro atoms. The second-order valence-corrected chi connectivity index (χ2v) is 4.98. The number of carboxylic acid groups (broad SMARTS) is 1. The number of rotatable bonds is 4. The topological polar surface area (TPSA) is 54.4 Å². The average Bonchev–Trinajstić information content (AvgIpc) is 2.18. The number of benzene rings is 1. The molecule has 0 aliphatic rings. The van der Waals surface area contributed by atoms with Gasteiger partial charge in [-0.3, -0.25) is 9.00 Å². The molecule has 0 heterocycles. The monoisotopic (exact) mass is 226 g/mol. The van der Waals surface area contributed by atoms with Crippen LogP contribution in [0, 0.1) is 6.92 Å². The molecule has 1 aromatic rings. The third kappa shape index (κ3) is 2.89. The molecule has 2 atom stereocenters. The summed E-state index contributed by atoms with van der Waals surface area (Å²) in [7, 11) is -1.46. The predicted octanol–water partition coefficient (Wildman–Crippen LogP) is 1.97. The Hall–Kier alpha value is -1.16. The highest BCUT2D eigenvalue weighted by molar-refractivity contribution is 7.86. The van der Waals surface area contributed by atoms with E-state index in [1.807, 2.05) is 13.0 Å². The van der Waals surface area contributed by atoms with E-state index < -0.39 is 22.0 Å². The molecule has 1 rings (SSSR count). The van der Waals surface area contributed by atoms with E-state index in [2.05, 4.69) is 0 Å². The summed E-state index contributed by atoms with van der Waals surface area (Å²) >= 11 is 0. The minimum atomic E-state index is -1.46. The number of hydrogen-bond acceptors (Lipinski definition) is 2. The van der Waals surface area contributed by atoms with Gasteiger partial charge in [0.25, 0.3) is 0 Å². The van der Waals surface area contributed by atoms with Crippen LogP contribution in [0.1, 0.15) is 18.9 Å². The lowest BCUT2D eigenvalue weighted by atomic mass is 10.2. The second kappa shape index (κ2) is 5.07. The van der Waals surface area contributed by atoms with Crippen LogP contribution in [-0.2, 0) is 15.6 Å². The summed E-state index contributed by atoms with van der Waals surface area (Å²) < 4.78 is 11.9. The summed E-state index contributed by atoms with van der Waals surface area (Å²) in [5.41, 5.74) is 0.987. The lowest BCUT2D eigenvalue weighted by Gasteiger charge is -2.09. The van der Waals surface area contributed by atoms with Gasteiger partial charge in [0, 0.05) is 4.90 Å². The summed E-state index contributed by atoms with van der Waals surface area (Å²) in [6, 6.07) is 7.15. The van der Waals surface area contributed by atoms with E-state index in [9.17, 15) is 9.00 Å². The fraction of sp³-hybridized carbons (Fsp3) is 0.364. The molecule has 0 saturated carbocycles. The van der Waals surface area contributed by atoms with Gasteiger partial charge in [-0.05, 0) is 31.0 Å². The maximum Gasteiger partial charge on any atom is 0.319 e. The van der Waals surface area contributed by atoms with Gasteiger partial charge in [0.05, 0.1) is 10.8 Å². The molecule has 3 nitrogen and oxygen atoms in total. The minimum absolute atomic E-state index is 0.371. The van der Waals surface area contributed by atoms with E-state index in [0.29, 0.717) is 11.3 Å². The second-order valence-electron chi connectivity index (χ2n) is 3.35. The summed E-state index contributed by atoms with van der Waals surface area (Å²) in [6.07, 6.45) is 0.371. The smallest absolute Gasteiger partial charge is 0.319 e.